The number of nitrogens with one attached hydrogen (secondary N) is 2. The molecular weight excluding hydrogens is 462 g/mol. The number of urea groups is 1. The van der Waals surface area contributed by atoms with Gasteiger partial charge >= 0.3 is 6.03 Å². The number of hydrogen-bond donors (Lipinski definition) is 2. The zero-order valence-corrected chi connectivity index (χ0v) is 19.7. The number of imide groups is 1. The van der Waals surface area contributed by atoms with Crippen LogP contribution < -0.4 is 21.2 Å². The quantitative estimate of drug-likeness (QED) is 0.577. The number of para-hydroxylation sites is 1. The number of anilines is 1. The van der Waals surface area contributed by atoms with Gasteiger partial charge in [-0.25, -0.2) is 4.79 Å². The highest BCUT2D eigenvalue weighted by molar-refractivity contribution is 6.33. The fourth-order valence-corrected chi connectivity index (χ4v) is 4.18. The lowest BCUT2D eigenvalue weighted by Gasteiger charge is -2.35. The Morgan fingerprint density at radius 2 is 1.82 bits per heavy atom. The topological polar surface area (TPSA) is 120 Å². The Hall–Kier alpha value is -3.44. The number of hydrazine groups is 1. The maximum absolute atomic E-state index is 12.7. The maximum Gasteiger partial charge on any atom is 0.344 e. The third kappa shape index (κ3) is 4.48. The first-order chi connectivity index (χ1) is 16.2. The molecule has 2 aromatic rings. The summed E-state index contributed by atoms with van der Waals surface area (Å²) >= 11 is 6.39. The Balaban J connectivity index is 1.35. The summed E-state index contributed by atoms with van der Waals surface area (Å²) < 4.78 is 1.26. The monoisotopic (exact) mass is 487 g/mol. The van der Waals surface area contributed by atoms with Crippen LogP contribution in [0.5, 0.6) is 0 Å². The standard InChI is InChI=1S/C22H26ClN7O4/c1-3-22(2)20(33)30(21(34)25-22)26-17(31)14-27-9-11-28(12-10-27)16-13-24-29(19(32)18(16)23)15-7-5-4-6-8-15/h4-8,13H,3,9-12,14H2,1-2H3,(H,25,34)(H,26,31)/t22-/m1/s1. The van der Waals surface area contributed by atoms with Crippen LogP contribution in [-0.4, -0.2) is 75.8 Å². The SMILES string of the molecule is CC[C@@]1(C)NC(=O)N(NC(=O)CN2CCN(c3cnn(-c4ccccc4)c(=O)c3Cl)CC2)C1=O. The zero-order valence-electron chi connectivity index (χ0n) is 19.0. The van der Waals surface area contributed by atoms with Crippen molar-refractivity contribution >= 4 is 35.1 Å². The number of rotatable bonds is 6. The lowest BCUT2D eigenvalue weighted by Crippen LogP contribution is -2.54. The summed E-state index contributed by atoms with van der Waals surface area (Å²) in [5.74, 6) is -0.937. The third-order valence-electron chi connectivity index (χ3n) is 6.19. The van der Waals surface area contributed by atoms with Gasteiger partial charge in [-0.2, -0.15) is 14.8 Å². The number of piperazine rings is 1. The van der Waals surface area contributed by atoms with E-state index in [9.17, 15) is 19.2 Å². The van der Waals surface area contributed by atoms with Crippen LogP contribution >= 0.6 is 11.6 Å². The van der Waals surface area contributed by atoms with E-state index in [1.165, 1.54) is 4.68 Å². The number of carbonyl (C=O) groups excluding carboxylic acids is 3. The fraction of sp³-hybridized carbons (Fsp3) is 0.409. The Bertz CT molecular complexity index is 1160. The number of halogens is 1. The number of carbonyl (C=O) groups is 3. The summed E-state index contributed by atoms with van der Waals surface area (Å²) in [5.41, 5.74) is 2.15. The second-order valence-corrected chi connectivity index (χ2v) is 8.83. The highest BCUT2D eigenvalue weighted by atomic mass is 35.5. The van der Waals surface area contributed by atoms with Crippen molar-refractivity contribution < 1.29 is 14.4 Å². The minimum absolute atomic E-state index is 0.0231. The average molecular weight is 488 g/mol. The van der Waals surface area contributed by atoms with E-state index in [1.54, 1.807) is 32.2 Å². The molecule has 2 aliphatic heterocycles. The zero-order chi connectivity index (χ0) is 24.5. The van der Waals surface area contributed by atoms with Gasteiger partial charge in [0.05, 0.1) is 24.1 Å². The van der Waals surface area contributed by atoms with Gasteiger partial charge in [-0.05, 0) is 25.5 Å². The van der Waals surface area contributed by atoms with Crippen molar-refractivity contribution in [2.45, 2.75) is 25.8 Å². The van der Waals surface area contributed by atoms with Crippen molar-refractivity contribution in [2.24, 2.45) is 0 Å². The molecule has 2 fully saturated rings. The van der Waals surface area contributed by atoms with E-state index >= 15 is 0 Å². The predicted octanol–water partition coefficient (Wildman–Crippen LogP) is 0.760. The summed E-state index contributed by atoms with van der Waals surface area (Å²) in [6, 6.07) is 8.39. The Labute approximate surface area is 201 Å². The molecule has 11 nitrogen and oxygen atoms in total. The molecule has 2 saturated heterocycles. The molecule has 180 valence electrons. The number of amides is 4. The molecule has 0 unspecified atom stereocenters. The first-order valence-corrected chi connectivity index (χ1v) is 11.4. The molecule has 0 bridgehead atoms. The summed E-state index contributed by atoms with van der Waals surface area (Å²) in [4.78, 5) is 53.6. The molecule has 4 amide bonds. The van der Waals surface area contributed by atoms with Crippen LogP contribution in [0.1, 0.15) is 20.3 Å². The molecule has 0 radical (unpaired) electrons. The molecule has 1 atom stereocenters. The fourth-order valence-electron chi connectivity index (χ4n) is 3.93. The van der Waals surface area contributed by atoms with Crippen molar-refractivity contribution in [3.8, 4) is 5.69 Å². The molecule has 12 heteroatoms. The first-order valence-electron chi connectivity index (χ1n) is 11.0. The van der Waals surface area contributed by atoms with Crippen molar-refractivity contribution in [3.63, 3.8) is 0 Å². The summed E-state index contributed by atoms with van der Waals surface area (Å²) in [6.45, 7) is 5.54. The second-order valence-electron chi connectivity index (χ2n) is 8.45. The van der Waals surface area contributed by atoms with Crippen molar-refractivity contribution in [3.05, 3.63) is 51.9 Å². The molecular formula is C22H26ClN7O4. The van der Waals surface area contributed by atoms with Crippen molar-refractivity contribution in [1.29, 1.82) is 0 Å². The van der Waals surface area contributed by atoms with E-state index in [4.69, 9.17) is 11.6 Å². The molecule has 4 rings (SSSR count). The highest BCUT2D eigenvalue weighted by Gasteiger charge is 2.47. The van der Waals surface area contributed by atoms with Gasteiger partial charge in [0.15, 0.2) is 0 Å². The lowest BCUT2D eigenvalue weighted by molar-refractivity contribution is -0.139. The Morgan fingerprint density at radius 3 is 2.44 bits per heavy atom. The first kappa shape index (κ1) is 23.7. The van der Waals surface area contributed by atoms with Crippen molar-refractivity contribution in [2.75, 3.05) is 37.6 Å². The molecule has 0 saturated carbocycles. The Morgan fingerprint density at radius 1 is 1.15 bits per heavy atom. The van der Waals surface area contributed by atoms with Crippen LogP contribution in [0, 0.1) is 0 Å². The largest absolute Gasteiger partial charge is 0.366 e. The van der Waals surface area contributed by atoms with E-state index in [-0.39, 0.29) is 11.6 Å². The van der Waals surface area contributed by atoms with Crippen LogP contribution in [0.3, 0.4) is 0 Å². The lowest BCUT2D eigenvalue weighted by atomic mass is 10.00. The van der Waals surface area contributed by atoms with E-state index in [0.29, 0.717) is 44.0 Å². The molecule has 1 aromatic carbocycles. The van der Waals surface area contributed by atoms with Gasteiger partial charge in [-0.15, -0.1) is 0 Å². The highest BCUT2D eigenvalue weighted by Crippen LogP contribution is 2.23. The number of benzene rings is 1. The van der Waals surface area contributed by atoms with Gasteiger partial charge in [0.2, 0.25) is 0 Å². The van der Waals surface area contributed by atoms with Crippen LogP contribution in [0.15, 0.2) is 41.3 Å². The van der Waals surface area contributed by atoms with Gasteiger partial charge in [-0.3, -0.25) is 24.7 Å². The van der Waals surface area contributed by atoms with Gasteiger partial charge in [0.25, 0.3) is 17.4 Å². The van der Waals surface area contributed by atoms with Crippen LogP contribution in [0.4, 0.5) is 10.5 Å². The Kier molecular flexibility index (Phi) is 6.58. The predicted molar refractivity (Wildman–Crippen MR) is 126 cm³/mol. The van der Waals surface area contributed by atoms with Gasteiger partial charge in [-0.1, -0.05) is 36.7 Å². The van der Waals surface area contributed by atoms with Crippen LogP contribution in [-0.2, 0) is 9.59 Å². The van der Waals surface area contributed by atoms with E-state index < -0.39 is 28.9 Å². The molecule has 0 aliphatic carbocycles. The van der Waals surface area contributed by atoms with E-state index in [0.717, 1.165) is 5.01 Å². The maximum atomic E-state index is 12.7. The van der Waals surface area contributed by atoms with Gasteiger partial charge in [0, 0.05) is 26.2 Å². The van der Waals surface area contributed by atoms with Gasteiger partial charge < -0.3 is 10.2 Å². The molecule has 2 N–H and O–H groups in total. The minimum atomic E-state index is -1.02. The van der Waals surface area contributed by atoms with E-state index in [2.05, 4.69) is 15.8 Å². The van der Waals surface area contributed by atoms with E-state index in [1.807, 2.05) is 28.0 Å². The smallest absolute Gasteiger partial charge is 0.344 e. The minimum Gasteiger partial charge on any atom is -0.366 e. The summed E-state index contributed by atoms with van der Waals surface area (Å²) in [5, 5.41) is 7.69. The third-order valence-corrected chi connectivity index (χ3v) is 6.54. The molecule has 2 aliphatic rings. The number of aromatic nitrogens is 2. The molecule has 1 aromatic heterocycles. The number of nitrogens with zero attached hydrogens (tertiary/aromatic N) is 5. The molecule has 0 spiro atoms. The number of hydrogen-bond acceptors (Lipinski definition) is 7. The van der Waals surface area contributed by atoms with Crippen LogP contribution in [0.25, 0.3) is 5.69 Å². The summed E-state index contributed by atoms with van der Waals surface area (Å²) in [7, 11) is 0. The average Bonchev–Trinajstić information content (AvgIpc) is 3.05. The normalized spacial score (nSPS) is 21.0. The van der Waals surface area contributed by atoms with Crippen molar-refractivity contribution in [1.82, 2.24) is 30.4 Å². The summed E-state index contributed by atoms with van der Waals surface area (Å²) in [6.07, 6.45) is 1.99. The second kappa shape index (κ2) is 9.43. The van der Waals surface area contributed by atoms with Gasteiger partial charge in [0.1, 0.15) is 10.6 Å². The molecule has 3 heterocycles. The van der Waals surface area contributed by atoms with Crippen LogP contribution in [0.2, 0.25) is 5.02 Å². The molecule has 34 heavy (non-hydrogen) atoms.